The normalized spacial score (nSPS) is 12.6. The third-order valence-electron chi connectivity index (χ3n) is 3.27. The fourth-order valence-corrected chi connectivity index (χ4v) is 2.19. The summed E-state index contributed by atoms with van der Waals surface area (Å²) in [4.78, 5) is 0. The van der Waals surface area contributed by atoms with E-state index in [2.05, 4.69) is 17.3 Å². The molecule has 0 aliphatic carbocycles. The molecule has 0 aliphatic rings. The van der Waals surface area contributed by atoms with Crippen LogP contribution in [0, 0.1) is 5.82 Å². The first-order chi connectivity index (χ1) is 9.10. The average molecular weight is 261 g/mol. The van der Waals surface area contributed by atoms with Gasteiger partial charge in [0, 0.05) is 31.4 Å². The maximum atomic E-state index is 13.2. The molecule has 0 aliphatic heterocycles. The van der Waals surface area contributed by atoms with Crippen LogP contribution in [0.2, 0.25) is 0 Å². The van der Waals surface area contributed by atoms with Crippen LogP contribution in [-0.4, -0.2) is 9.78 Å². The van der Waals surface area contributed by atoms with Crippen molar-refractivity contribution in [1.29, 1.82) is 0 Å². The Kier molecular flexibility index (Phi) is 4.32. The summed E-state index contributed by atoms with van der Waals surface area (Å²) in [6.45, 7) is 4.88. The van der Waals surface area contributed by atoms with Crippen molar-refractivity contribution in [2.45, 2.75) is 32.9 Å². The zero-order valence-corrected chi connectivity index (χ0v) is 11.7. The number of aromatic nitrogens is 2. The fourth-order valence-electron chi connectivity index (χ4n) is 2.19. The van der Waals surface area contributed by atoms with E-state index in [9.17, 15) is 4.39 Å². The molecule has 2 rings (SSSR count). The summed E-state index contributed by atoms with van der Waals surface area (Å²) >= 11 is 0. The number of nitrogens with one attached hydrogen (secondary N) is 1. The van der Waals surface area contributed by atoms with Gasteiger partial charge in [0.1, 0.15) is 5.82 Å². The van der Waals surface area contributed by atoms with E-state index in [4.69, 9.17) is 0 Å². The van der Waals surface area contributed by atoms with Gasteiger partial charge in [-0.25, -0.2) is 4.39 Å². The summed E-state index contributed by atoms with van der Waals surface area (Å²) in [5.74, 6) is -0.193. The smallest absolute Gasteiger partial charge is 0.123 e. The summed E-state index contributed by atoms with van der Waals surface area (Å²) in [5.41, 5.74) is 3.27. The van der Waals surface area contributed by atoms with Crippen molar-refractivity contribution in [3.05, 3.63) is 53.1 Å². The molecule has 0 saturated heterocycles. The molecule has 0 amide bonds. The SMILES string of the molecule is CCc1nn(C)cc1CN[C@H](C)c1cccc(F)c1. The fraction of sp³-hybridized carbons (Fsp3) is 0.400. The summed E-state index contributed by atoms with van der Waals surface area (Å²) in [7, 11) is 1.93. The van der Waals surface area contributed by atoms with Gasteiger partial charge in [0.2, 0.25) is 0 Å². The second kappa shape index (κ2) is 5.97. The third-order valence-corrected chi connectivity index (χ3v) is 3.27. The lowest BCUT2D eigenvalue weighted by atomic mass is 10.1. The predicted molar refractivity (Wildman–Crippen MR) is 74.2 cm³/mol. The second-order valence-electron chi connectivity index (χ2n) is 4.79. The lowest BCUT2D eigenvalue weighted by Gasteiger charge is -2.14. The van der Waals surface area contributed by atoms with Gasteiger partial charge in [-0.05, 0) is 31.0 Å². The largest absolute Gasteiger partial charge is 0.306 e. The highest BCUT2D eigenvalue weighted by atomic mass is 19.1. The molecule has 1 N–H and O–H groups in total. The van der Waals surface area contributed by atoms with Gasteiger partial charge in [-0.3, -0.25) is 4.68 Å². The lowest BCUT2D eigenvalue weighted by molar-refractivity contribution is 0.563. The molecule has 1 aromatic heterocycles. The number of benzene rings is 1. The van der Waals surface area contributed by atoms with E-state index in [1.807, 2.05) is 30.9 Å². The van der Waals surface area contributed by atoms with Crippen LogP contribution in [0.4, 0.5) is 4.39 Å². The molecule has 0 fully saturated rings. The first-order valence-corrected chi connectivity index (χ1v) is 6.60. The van der Waals surface area contributed by atoms with Crippen LogP contribution in [0.25, 0.3) is 0 Å². The predicted octanol–water partition coefficient (Wildman–Crippen LogP) is 2.97. The first kappa shape index (κ1) is 13.7. The molecule has 102 valence electrons. The van der Waals surface area contributed by atoms with Gasteiger partial charge in [0.05, 0.1) is 5.69 Å². The molecular formula is C15H20FN3. The number of rotatable bonds is 5. The topological polar surface area (TPSA) is 29.9 Å². The van der Waals surface area contributed by atoms with Crippen molar-refractivity contribution in [1.82, 2.24) is 15.1 Å². The maximum absolute atomic E-state index is 13.2. The Morgan fingerprint density at radius 2 is 2.21 bits per heavy atom. The quantitative estimate of drug-likeness (QED) is 0.896. The second-order valence-corrected chi connectivity index (χ2v) is 4.79. The summed E-state index contributed by atoms with van der Waals surface area (Å²) < 4.78 is 15.0. The van der Waals surface area contributed by atoms with Crippen molar-refractivity contribution in [3.63, 3.8) is 0 Å². The molecule has 1 heterocycles. The van der Waals surface area contributed by atoms with Gasteiger partial charge in [0.15, 0.2) is 0 Å². The molecule has 1 atom stereocenters. The molecule has 19 heavy (non-hydrogen) atoms. The molecule has 0 spiro atoms. The van der Waals surface area contributed by atoms with Gasteiger partial charge in [-0.15, -0.1) is 0 Å². The standard InChI is InChI=1S/C15H20FN3/c1-4-15-13(10-19(3)18-15)9-17-11(2)12-6-5-7-14(16)8-12/h5-8,10-11,17H,4,9H2,1-3H3/t11-/m1/s1. The Hall–Kier alpha value is -1.68. The molecule has 0 unspecified atom stereocenters. The molecule has 1 aromatic carbocycles. The lowest BCUT2D eigenvalue weighted by Crippen LogP contribution is -2.18. The molecule has 0 bridgehead atoms. The highest BCUT2D eigenvalue weighted by molar-refractivity contribution is 5.21. The van der Waals surface area contributed by atoms with Crippen LogP contribution in [0.1, 0.15) is 36.7 Å². The molecular weight excluding hydrogens is 241 g/mol. The Balaban J connectivity index is 2.02. The zero-order chi connectivity index (χ0) is 13.8. The summed E-state index contributed by atoms with van der Waals surface area (Å²) in [6.07, 6.45) is 2.95. The van der Waals surface area contributed by atoms with Crippen LogP contribution in [0.3, 0.4) is 0 Å². The Morgan fingerprint density at radius 3 is 2.89 bits per heavy atom. The van der Waals surface area contributed by atoms with Gasteiger partial charge in [0.25, 0.3) is 0 Å². The monoisotopic (exact) mass is 261 g/mol. The van der Waals surface area contributed by atoms with E-state index in [1.54, 1.807) is 12.1 Å². The van der Waals surface area contributed by atoms with Crippen molar-refractivity contribution in [2.75, 3.05) is 0 Å². The summed E-state index contributed by atoms with van der Waals surface area (Å²) in [5, 5.41) is 7.82. The minimum atomic E-state index is -0.193. The number of halogens is 1. The van der Waals surface area contributed by atoms with Crippen molar-refractivity contribution in [3.8, 4) is 0 Å². The Morgan fingerprint density at radius 1 is 1.42 bits per heavy atom. The van der Waals surface area contributed by atoms with Crippen molar-refractivity contribution < 1.29 is 4.39 Å². The Labute approximate surface area is 113 Å². The zero-order valence-electron chi connectivity index (χ0n) is 11.7. The van der Waals surface area contributed by atoms with Crippen molar-refractivity contribution in [2.24, 2.45) is 7.05 Å². The van der Waals surface area contributed by atoms with Crippen LogP contribution >= 0.6 is 0 Å². The minimum absolute atomic E-state index is 0.112. The number of hydrogen-bond acceptors (Lipinski definition) is 2. The number of nitrogens with zero attached hydrogens (tertiary/aromatic N) is 2. The van der Waals surface area contributed by atoms with E-state index >= 15 is 0 Å². The maximum Gasteiger partial charge on any atom is 0.123 e. The van der Waals surface area contributed by atoms with E-state index in [0.29, 0.717) is 0 Å². The van der Waals surface area contributed by atoms with Gasteiger partial charge in [-0.1, -0.05) is 19.1 Å². The average Bonchev–Trinajstić information content (AvgIpc) is 2.76. The highest BCUT2D eigenvalue weighted by Gasteiger charge is 2.09. The van der Waals surface area contributed by atoms with E-state index in [-0.39, 0.29) is 11.9 Å². The minimum Gasteiger partial charge on any atom is -0.306 e. The third kappa shape index (κ3) is 3.41. The van der Waals surface area contributed by atoms with Gasteiger partial charge in [-0.2, -0.15) is 5.10 Å². The van der Waals surface area contributed by atoms with Crippen LogP contribution < -0.4 is 5.32 Å². The molecule has 3 nitrogen and oxygen atoms in total. The van der Waals surface area contributed by atoms with Crippen molar-refractivity contribution >= 4 is 0 Å². The van der Waals surface area contributed by atoms with Crippen LogP contribution in [0.5, 0.6) is 0 Å². The highest BCUT2D eigenvalue weighted by Crippen LogP contribution is 2.15. The first-order valence-electron chi connectivity index (χ1n) is 6.60. The van der Waals surface area contributed by atoms with Gasteiger partial charge < -0.3 is 5.32 Å². The molecule has 2 aromatic rings. The molecule has 0 radical (unpaired) electrons. The van der Waals surface area contributed by atoms with Crippen LogP contribution in [-0.2, 0) is 20.0 Å². The van der Waals surface area contributed by atoms with E-state index in [0.717, 1.165) is 24.2 Å². The molecule has 0 saturated carbocycles. The number of hydrogen-bond donors (Lipinski definition) is 1. The summed E-state index contributed by atoms with van der Waals surface area (Å²) in [6, 6.07) is 6.82. The van der Waals surface area contributed by atoms with E-state index < -0.39 is 0 Å². The van der Waals surface area contributed by atoms with Gasteiger partial charge >= 0.3 is 0 Å². The van der Waals surface area contributed by atoms with Crippen LogP contribution in [0.15, 0.2) is 30.5 Å². The number of aryl methyl sites for hydroxylation is 2. The molecule has 4 heteroatoms. The Bertz CT molecular complexity index is 548. The van der Waals surface area contributed by atoms with E-state index in [1.165, 1.54) is 11.6 Å².